The molecule has 0 bridgehead atoms. The lowest BCUT2D eigenvalue weighted by molar-refractivity contribution is 0.104. The lowest BCUT2D eigenvalue weighted by atomic mass is 10.1. The fourth-order valence-electron chi connectivity index (χ4n) is 2.46. The summed E-state index contributed by atoms with van der Waals surface area (Å²) in [6, 6.07) is 11.4. The number of nitrogens with zero attached hydrogens (tertiary/aromatic N) is 1. The van der Waals surface area contributed by atoms with Crippen molar-refractivity contribution >= 4 is 38.7 Å². The molecule has 2 heterocycles. The van der Waals surface area contributed by atoms with Gasteiger partial charge in [-0.3, -0.25) is 9.78 Å². The maximum absolute atomic E-state index is 12.4. The van der Waals surface area contributed by atoms with Crippen LogP contribution in [-0.4, -0.2) is 25.7 Å². The molecule has 0 amide bonds. The predicted octanol–water partition coefficient (Wildman–Crippen LogP) is 3.94. The Morgan fingerprint density at radius 2 is 1.96 bits per heavy atom. The monoisotopic (exact) mass is 420 g/mol. The highest BCUT2D eigenvalue weighted by molar-refractivity contribution is 7.89. The number of benzene rings is 1. The molecule has 8 heteroatoms. The quantitative estimate of drug-likeness (QED) is 0.442. The van der Waals surface area contributed by atoms with Gasteiger partial charge in [-0.15, -0.1) is 11.3 Å². The van der Waals surface area contributed by atoms with E-state index in [1.165, 1.54) is 23.5 Å². The summed E-state index contributed by atoms with van der Waals surface area (Å²) in [6.07, 6.45) is 4.49. The van der Waals surface area contributed by atoms with Crippen LogP contribution < -0.4 is 4.72 Å². The molecule has 0 aliphatic heterocycles. The number of hydrogen-bond acceptors (Lipinski definition) is 5. The van der Waals surface area contributed by atoms with Gasteiger partial charge in [0.25, 0.3) is 0 Å². The van der Waals surface area contributed by atoms with Crippen LogP contribution in [0, 0.1) is 0 Å². The van der Waals surface area contributed by atoms with Crippen molar-refractivity contribution in [3.05, 3.63) is 81.3 Å². The lowest BCUT2D eigenvalue weighted by Gasteiger charge is -2.06. The van der Waals surface area contributed by atoms with E-state index in [1.807, 2.05) is 11.4 Å². The van der Waals surface area contributed by atoms with Crippen molar-refractivity contribution in [3.63, 3.8) is 0 Å². The first kappa shape index (κ1) is 19.7. The lowest BCUT2D eigenvalue weighted by Crippen LogP contribution is -2.25. The number of halogens is 1. The van der Waals surface area contributed by atoms with Crippen LogP contribution in [0.15, 0.2) is 65.1 Å². The first-order valence-corrected chi connectivity index (χ1v) is 11.0. The van der Waals surface area contributed by atoms with Crippen LogP contribution in [0.4, 0.5) is 0 Å². The van der Waals surface area contributed by atoms with E-state index in [-0.39, 0.29) is 10.7 Å². The minimum Gasteiger partial charge on any atom is -0.288 e. The zero-order valence-corrected chi connectivity index (χ0v) is 16.7. The summed E-state index contributed by atoms with van der Waals surface area (Å²) in [5.74, 6) is -0.0530. The van der Waals surface area contributed by atoms with Gasteiger partial charge in [0.2, 0.25) is 15.8 Å². The number of aromatic nitrogens is 1. The molecule has 0 saturated heterocycles. The molecule has 0 fully saturated rings. The molecule has 1 aromatic carbocycles. The molecule has 0 aliphatic rings. The van der Waals surface area contributed by atoms with Crippen LogP contribution in [0.25, 0.3) is 0 Å². The summed E-state index contributed by atoms with van der Waals surface area (Å²) >= 11 is 7.16. The van der Waals surface area contributed by atoms with Crippen LogP contribution in [0.3, 0.4) is 0 Å². The first-order chi connectivity index (χ1) is 13.0. The highest BCUT2D eigenvalue weighted by atomic mass is 35.5. The van der Waals surface area contributed by atoms with E-state index >= 15 is 0 Å². The number of carbonyl (C=O) groups is 1. The summed E-state index contributed by atoms with van der Waals surface area (Å²) in [5, 5.41) is 2.42. The Hall–Kier alpha value is -2.06. The molecular weight excluding hydrogens is 404 g/mol. The molecular formula is C19H17ClN2O3S2. The van der Waals surface area contributed by atoms with E-state index in [0.717, 1.165) is 5.56 Å². The SMILES string of the molecule is O=C(c1cccnc1)c1cc(CCCNS(=O)(=O)c2ccc(Cl)cc2)cs1. The Labute approximate surface area is 167 Å². The van der Waals surface area contributed by atoms with Crippen molar-refractivity contribution < 1.29 is 13.2 Å². The number of rotatable bonds is 8. The molecule has 5 nitrogen and oxygen atoms in total. The van der Waals surface area contributed by atoms with Crippen LogP contribution in [-0.2, 0) is 16.4 Å². The Bertz CT molecular complexity index is 1020. The van der Waals surface area contributed by atoms with E-state index in [9.17, 15) is 13.2 Å². The summed E-state index contributed by atoms with van der Waals surface area (Å²) in [4.78, 5) is 17.2. The van der Waals surface area contributed by atoms with Crippen LogP contribution in [0.2, 0.25) is 5.02 Å². The third-order valence-corrected chi connectivity index (χ3v) is 6.57. The molecule has 3 rings (SSSR count). The Balaban J connectivity index is 1.52. The number of hydrogen-bond donors (Lipinski definition) is 1. The molecule has 2 aromatic heterocycles. The fourth-order valence-corrected chi connectivity index (χ4v) is 4.57. The van der Waals surface area contributed by atoms with Gasteiger partial charge in [-0.25, -0.2) is 13.1 Å². The number of sulfonamides is 1. The molecule has 27 heavy (non-hydrogen) atoms. The number of aryl methyl sites for hydroxylation is 1. The molecule has 0 atom stereocenters. The topological polar surface area (TPSA) is 76.1 Å². The molecule has 3 aromatic rings. The molecule has 1 N–H and O–H groups in total. The summed E-state index contributed by atoms with van der Waals surface area (Å²) in [5.41, 5.74) is 1.57. The second-order valence-electron chi connectivity index (χ2n) is 5.85. The summed E-state index contributed by atoms with van der Waals surface area (Å²) < 4.78 is 27.0. The van der Waals surface area contributed by atoms with Gasteiger partial charge in [0.15, 0.2) is 0 Å². The number of carbonyl (C=O) groups excluding carboxylic acids is 1. The van der Waals surface area contributed by atoms with Gasteiger partial charge in [-0.1, -0.05) is 11.6 Å². The number of nitrogens with one attached hydrogen (secondary N) is 1. The van der Waals surface area contributed by atoms with Crippen molar-refractivity contribution in [1.29, 1.82) is 0 Å². The molecule has 140 valence electrons. The highest BCUT2D eigenvalue weighted by Gasteiger charge is 2.14. The van der Waals surface area contributed by atoms with Gasteiger partial charge in [0.05, 0.1) is 9.77 Å². The second-order valence-corrected chi connectivity index (χ2v) is 8.96. The Kier molecular flexibility index (Phi) is 6.38. The molecule has 0 radical (unpaired) electrons. The van der Waals surface area contributed by atoms with Crippen molar-refractivity contribution in [3.8, 4) is 0 Å². The van der Waals surface area contributed by atoms with Gasteiger partial charge in [-0.05, 0) is 66.2 Å². The zero-order chi connectivity index (χ0) is 19.3. The van der Waals surface area contributed by atoms with E-state index in [1.54, 1.807) is 36.7 Å². The third kappa shape index (κ3) is 5.23. The van der Waals surface area contributed by atoms with Gasteiger partial charge in [-0.2, -0.15) is 0 Å². The smallest absolute Gasteiger partial charge is 0.240 e. The maximum Gasteiger partial charge on any atom is 0.240 e. The van der Waals surface area contributed by atoms with Crippen molar-refractivity contribution in [2.24, 2.45) is 0 Å². The average molecular weight is 421 g/mol. The van der Waals surface area contributed by atoms with Crippen LogP contribution in [0.5, 0.6) is 0 Å². The maximum atomic E-state index is 12.4. The van der Waals surface area contributed by atoms with Gasteiger partial charge < -0.3 is 0 Å². The average Bonchev–Trinajstić information content (AvgIpc) is 3.15. The second kappa shape index (κ2) is 8.75. The summed E-state index contributed by atoms with van der Waals surface area (Å²) in [6.45, 7) is 0.312. The van der Waals surface area contributed by atoms with Gasteiger partial charge in [0.1, 0.15) is 0 Å². The number of thiophene rings is 1. The standard InChI is InChI=1S/C19H17ClN2O3S2/c20-16-5-7-17(8-6-16)27(24,25)22-10-1-3-14-11-18(26-13-14)19(23)15-4-2-9-21-12-15/h2,4-9,11-13,22H,1,3,10H2. The Morgan fingerprint density at radius 1 is 1.19 bits per heavy atom. The van der Waals surface area contributed by atoms with E-state index < -0.39 is 10.0 Å². The molecule has 0 unspecified atom stereocenters. The first-order valence-electron chi connectivity index (χ1n) is 8.23. The van der Waals surface area contributed by atoms with Gasteiger partial charge >= 0.3 is 0 Å². The van der Waals surface area contributed by atoms with Crippen molar-refractivity contribution in [1.82, 2.24) is 9.71 Å². The predicted molar refractivity (Wildman–Crippen MR) is 107 cm³/mol. The largest absolute Gasteiger partial charge is 0.288 e. The van der Waals surface area contributed by atoms with Crippen molar-refractivity contribution in [2.75, 3.05) is 6.54 Å². The number of ketones is 1. The van der Waals surface area contributed by atoms with Gasteiger partial charge in [0, 0.05) is 29.5 Å². The minimum atomic E-state index is -3.54. The Morgan fingerprint density at radius 3 is 2.67 bits per heavy atom. The third-order valence-electron chi connectivity index (χ3n) is 3.86. The zero-order valence-electron chi connectivity index (χ0n) is 14.3. The van der Waals surface area contributed by atoms with Crippen molar-refractivity contribution in [2.45, 2.75) is 17.7 Å². The van der Waals surface area contributed by atoms with Crippen LogP contribution >= 0.6 is 22.9 Å². The van der Waals surface area contributed by atoms with Crippen LogP contribution in [0.1, 0.15) is 27.2 Å². The summed E-state index contributed by atoms with van der Waals surface area (Å²) in [7, 11) is -3.54. The van der Waals surface area contributed by atoms with E-state index in [0.29, 0.717) is 34.8 Å². The van der Waals surface area contributed by atoms with E-state index in [4.69, 9.17) is 11.6 Å². The highest BCUT2D eigenvalue weighted by Crippen LogP contribution is 2.20. The molecule has 0 spiro atoms. The molecule has 0 aliphatic carbocycles. The normalized spacial score (nSPS) is 11.4. The minimum absolute atomic E-state index is 0.0530. The molecule has 0 saturated carbocycles. The number of pyridine rings is 1. The van der Waals surface area contributed by atoms with E-state index in [2.05, 4.69) is 9.71 Å². The fraction of sp³-hybridized carbons (Fsp3) is 0.158.